The molecular formula is C34H54F2N2O. The molecule has 4 fully saturated rings. The molecular weight excluding hydrogens is 490 g/mol. The van der Waals surface area contributed by atoms with Crippen LogP contribution in [0, 0.1) is 52.3 Å². The van der Waals surface area contributed by atoms with Crippen molar-refractivity contribution < 1.29 is 13.5 Å². The maximum absolute atomic E-state index is 15.8. The van der Waals surface area contributed by atoms with E-state index in [1.54, 1.807) is 0 Å². The highest BCUT2D eigenvalue weighted by Crippen LogP contribution is 2.69. The van der Waals surface area contributed by atoms with Gasteiger partial charge in [-0.3, -0.25) is 0 Å². The van der Waals surface area contributed by atoms with Crippen LogP contribution >= 0.6 is 0 Å². The van der Waals surface area contributed by atoms with Gasteiger partial charge in [-0.15, -0.1) is 0 Å². The SMILES string of the molecule is CC(C)CCC[C@@H](C)[C@H]1C(OC(F)(F)c2cc(N)cc(N)c2)C[C@H]2[C@@H]3CCC4CCCC[C@]4(C)[C@H]3CC[C@]12C. The first-order valence-electron chi connectivity index (χ1n) is 16.1. The highest BCUT2D eigenvalue weighted by Gasteiger charge is 2.63. The lowest BCUT2D eigenvalue weighted by molar-refractivity contribution is -0.283. The molecule has 220 valence electrons. The van der Waals surface area contributed by atoms with Gasteiger partial charge in [0.25, 0.3) is 0 Å². The fourth-order valence-corrected chi connectivity index (χ4v) is 10.6. The molecule has 0 spiro atoms. The number of alkyl halides is 2. The van der Waals surface area contributed by atoms with E-state index in [4.69, 9.17) is 16.2 Å². The summed E-state index contributed by atoms with van der Waals surface area (Å²) in [6.45, 7) is 11.9. The number of nitrogens with two attached hydrogens (primary N) is 2. The summed E-state index contributed by atoms with van der Waals surface area (Å²) in [5.41, 5.74) is 12.6. The van der Waals surface area contributed by atoms with Crippen LogP contribution in [0.15, 0.2) is 18.2 Å². The summed E-state index contributed by atoms with van der Waals surface area (Å²) >= 11 is 0. The van der Waals surface area contributed by atoms with Gasteiger partial charge < -0.3 is 16.2 Å². The molecule has 4 N–H and O–H groups in total. The molecule has 2 unspecified atom stereocenters. The highest BCUT2D eigenvalue weighted by molar-refractivity contribution is 5.55. The molecule has 0 bridgehead atoms. The quantitative estimate of drug-likeness (QED) is 0.320. The summed E-state index contributed by atoms with van der Waals surface area (Å²) in [6, 6.07) is 4.16. The number of rotatable bonds is 8. The number of anilines is 2. The molecule has 0 radical (unpaired) electrons. The van der Waals surface area contributed by atoms with E-state index < -0.39 is 12.2 Å². The maximum Gasteiger partial charge on any atom is 0.383 e. The Bertz CT molecular complexity index is 993. The van der Waals surface area contributed by atoms with Gasteiger partial charge in [-0.1, -0.05) is 66.7 Å². The fourth-order valence-electron chi connectivity index (χ4n) is 10.6. The number of ether oxygens (including phenoxy) is 1. The average molecular weight is 545 g/mol. The monoisotopic (exact) mass is 544 g/mol. The molecule has 9 atom stereocenters. The van der Waals surface area contributed by atoms with E-state index in [9.17, 15) is 0 Å². The van der Waals surface area contributed by atoms with E-state index in [0.29, 0.717) is 29.1 Å². The lowest BCUT2D eigenvalue weighted by atomic mass is 9.44. The molecule has 0 aliphatic heterocycles. The maximum atomic E-state index is 15.8. The summed E-state index contributed by atoms with van der Waals surface area (Å²) in [7, 11) is 0. The molecule has 3 nitrogen and oxygen atoms in total. The molecule has 1 aromatic carbocycles. The van der Waals surface area contributed by atoms with Gasteiger partial charge >= 0.3 is 6.11 Å². The van der Waals surface area contributed by atoms with Crippen molar-refractivity contribution in [2.75, 3.05) is 11.5 Å². The van der Waals surface area contributed by atoms with Gasteiger partial charge in [-0.25, -0.2) is 0 Å². The van der Waals surface area contributed by atoms with Gasteiger partial charge in [0.15, 0.2) is 0 Å². The molecule has 0 aromatic heterocycles. The predicted octanol–water partition coefficient (Wildman–Crippen LogP) is 9.41. The molecule has 1 aromatic rings. The normalized spacial score (nSPS) is 39.2. The van der Waals surface area contributed by atoms with Crippen LogP contribution in [0.3, 0.4) is 0 Å². The second kappa shape index (κ2) is 10.8. The van der Waals surface area contributed by atoms with E-state index in [1.165, 1.54) is 69.6 Å². The zero-order chi connectivity index (χ0) is 28.2. The third-order valence-corrected chi connectivity index (χ3v) is 12.3. The van der Waals surface area contributed by atoms with Crippen LogP contribution in [0.5, 0.6) is 0 Å². The number of hydrogen-bond donors (Lipinski definition) is 2. The first-order chi connectivity index (χ1) is 18.3. The largest absolute Gasteiger partial charge is 0.399 e. The molecule has 5 rings (SSSR count). The lowest BCUT2D eigenvalue weighted by Gasteiger charge is -2.60. The highest BCUT2D eigenvalue weighted by atomic mass is 19.3. The van der Waals surface area contributed by atoms with Gasteiger partial charge in [0.1, 0.15) is 0 Å². The average Bonchev–Trinajstić information content (AvgIpc) is 3.14. The van der Waals surface area contributed by atoms with Crippen molar-refractivity contribution in [1.82, 2.24) is 0 Å². The Morgan fingerprint density at radius 3 is 2.31 bits per heavy atom. The van der Waals surface area contributed by atoms with Crippen LogP contribution in [0.1, 0.15) is 117 Å². The summed E-state index contributed by atoms with van der Waals surface area (Å²) in [6.07, 6.45) is 10.8. The van der Waals surface area contributed by atoms with E-state index in [0.717, 1.165) is 37.5 Å². The summed E-state index contributed by atoms with van der Waals surface area (Å²) < 4.78 is 37.7. The number of fused-ring (bicyclic) bond motifs is 5. The van der Waals surface area contributed by atoms with E-state index in [-0.39, 0.29) is 28.3 Å². The second-order valence-corrected chi connectivity index (χ2v) is 15.1. The molecule has 0 heterocycles. The first-order valence-corrected chi connectivity index (χ1v) is 16.1. The van der Waals surface area contributed by atoms with Gasteiger partial charge in [-0.05, 0) is 115 Å². The Morgan fingerprint density at radius 2 is 1.62 bits per heavy atom. The molecule has 0 amide bonds. The minimum atomic E-state index is -3.42. The molecule has 4 aliphatic rings. The fraction of sp³-hybridized carbons (Fsp3) is 0.824. The molecule has 5 heteroatoms. The summed E-state index contributed by atoms with van der Waals surface area (Å²) in [4.78, 5) is 0. The lowest BCUT2D eigenvalue weighted by Crippen LogP contribution is -2.53. The zero-order valence-corrected chi connectivity index (χ0v) is 25.2. The first kappa shape index (κ1) is 29.1. The third-order valence-electron chi connectivity index (χ3n) is 12.3. The summed E-state index contributed by atoms with van der Waals surface area (Å²) in [5, 5.41) is 0. The number of halogens is 2. The van der Waals surface area contributed by atoms with Gasteiger partial charge in [0.2, 0.25) is 0 Å². The summed E-state index contributed by atoms with van der Waals surface area (Å²) in [5.74, 6) is 3.84. The minimum Gasteiger partial charge on any atom is -0.399 e. The van der Waals surface area contributed by atoms with E-state index in [1.807, 2.05) is 0 Å². The third kappa shape index (κ3) is 5.35. The standard InChI is InChI=1S/C34H54F2N2O/c1-21(2)9-8-10-22(3)31-30(39-34(35,36)24-17-25(37)19-26(38)18-24)20-29-27-13-12-23-11-6-7-15-32(23,4)28(27)14-16-33(29,31)5/h17-19,21-23,27-31H,6-16,20,37-38H2,1-5H3/t22-,23?,27-,28+,29+,30?,31+,32+,33+/m1/s1. The van der Waals surface area contributed by atoms with Crippen molar-refractivity contribution in [3.05, 3.63) is 23.8 Å². The van der Waals surface area contributed by atoms with Crippen molar-refractivity contribution >= 4 is 11.4 Å². The molecule has 39 heavy (non-hydrogen) atoms. The van der Waals surface area contributed by atoms with Crippen LogP contribution < -0.4 is 11.5 Å². The Kier molecular flexibility index (Phi) is 8.07. The van der Waals surface area contributed by atoms with Crippen molar-refractivity contribution in [3.8, 4) is 0 Å². The van der Waals surface area contributed by atoms with Crippen LogP contribution in [-0.4, -0.2) is 6.10 Å². The molecule has 4 saturated carbocycles. The van der Waals surface area contributed by atoms with Crippen LogP contribution in [0.25, 0.3) is 0 Å². The van der Waals surface area contributed by atoms with Crippen molar-refractivity contribution in [2.24, 2.45) is 52.3 Å². The number of nitrogen functional groups attached to an aromatic ring is 2. The van der Waals surface area contributed by atoms with Crippen LogP contribution in [0.2, 0.25) is 0 Å². The van der Waals surface area contributed by atoms with Crippen LogP contribution in [-0.2, 0) is 10.8 Å². The molecule has 0 saturated heterocycles. The van der Waals surface area contributed by atoms with Gasteiger partial charge in [-0.2, -0.15) is 8.78 Å². The second-order valence-electron chi connectivity index (χ2n) is 15.1. The predicted molar refractivity (Wildman–Crippen MR) is 157 cm³/mol. The zero-order valence-electron chi connectivity index (χ0n) is 25.2. The Morgan fingerprint density at radius 1 is 0.897 bits per heavy atom. The van der Waals surface area contributed by atoms with Gasteiger partial charge in [0, 0.05) is 11.4 Å². The molecule has 4 aliphatic carbocycles. The Balaban J connectivity index is 1.44. The van der Waals surface area contributed by atoms with E-state index in [2.05, 4.69) is 34.6 Å². The van der Waals surface area contributed by atoms with Crippen molar-refractivity contribution in [3.63, 3.8) is 0 Å². The van der Waals surface area contributed by atoms with Crippen LogP contribution in [0.4, 0.5) is 20.2 Å². The van der Waals surface area contributed by atoms with Crippen molar-refractivity contribution in [1.29, 1.82) is 0 Å². The number of hydrogen-bond acceptors (Lipinski definition) is 3. The Hall–Kier alpha value is -1.36. The smallest absolute Gasteiger partial charge is 0.383 e. The van der Waals surface area contributed by atoms with Gasteiger partial charge in [0.05, 0.1) is 11.7 Å². The topological polar surface area (TPSA) is 61.3 Å². The van der Waals surface area contributed by atoms with Crippen molar-refractivity contribution in [2.45, 2.75) is 124 Å². The minimum absolute atomic E-state index is 0.0474. The Labute approximate surface area is 236 Å². The van der Waals surface area contributed by atoms with E-state index >= 15 is 8.78 Å². The number of benzene rings is 1.